The predicted molar refractivity (Wildman–Crippen MR) is 78.6 cm³/mol. The van der Waals surface area contributed by atoms with E-state index in [1.165, 1.54) is 17.0 Å². The highest BCUT2D eigenvalue weighted by atomic mass is 35.5. The molecule has 0 saturated carbocycles. The maximum Gasteiger partial charge on any atom is 0.257 e. The number of aromatic nitrogens is 1. The number of likely N-dealkylation sites (N-methyl/N-ethyl adjacent to an activating group) is 1. The number of amides is 2. The fraction of sp³-hybridized carbons (Fsp3) is 0.462. The van der Waals surface area contributed by atoms with Crippen LogP contribution < -0.4 is 5.32 Å². The second kappa shape index (κ2) is 7.06. The minimum absolute atomic E-state index is 0.0219. The van der Waals surface area contributed by atoms with Crippen molar-refractivity contribution in [2.45, 2.75) is 13.0 Å². The van der Waals surface area contributed by atoms with E-state index >= 15 is 0 Å². The number of rotatable bonds is 3. The molecule has 6 nitrogen and oxygen atoms in total. The first-order valence-electron chi connectivity index (χ1n) is 6.53. The number of pyridine rings is 1. The number of ether oxygens (including phenoxy) is 1. The quantitative estimate of drug-likeness (QED) is 0.849. The molecule has 0 bridgehead atoms. The van der Waals surface area contributed by atoms with Crippen LogP contribution in [0.25, 0.3) is 0 Å². The van der Waals surface area contributed by atoms with Crippen LogP contribution in [0.5, 0.6) is 0 Å². The van der Waals surface area contributed by atoms with Crippen molar-refractivity contribution in [2.75, 3.05) is 26.3 Å². The lowest BCUT2D eigenvalue weighted by Gasteiger charge is -2.34. The standard InChI is InChI=1S/C13H15Cl2N3O3/c1-2-16-12(19)9-7-21-6-5-18(9)13(20)8-3-4-10(14)17-11(8)15/h3-4,9H,2,5-7H2,1H3,(H,16,19). The Morgan fingerprint density at radius 2 is 2.24 bits per heavy atom. The molecule has 1 aliphatic heterocycles. The lowest BCUT2D eigenvalue weighted by Crippen LogP contribution is -2.55. The topological polar surface area (TPSA) is 71.5 Å². The van der Waals surface area contributed by atoms with Crippen molar-refractivity contribution >= 4 is 35.0 Å². The summed E-state index contributed by atoms with van der Waals surface area (Å²) in [5, 5.41) is 2.92. The molecule has 1 N–H and O–H groups in total. The Morgan fingerprint density at radius 3 is 2.90 bits per heavy atom. The summed E-state index contributed by atoms with van der Waals surface area (Å²) in [5.74, 6) is -0.604. The summed E-state index contributed by atoms with van der Waals surface area (Å²) in [4.78, 5) is 29.9. The van der Waals surface area contributed by atoms with Gasteiger partial charge in [0.15, 0.2) is 0 Å². The Hall–Kier alpha value is -1.37. The van der Waals surface area contributed by atoms with Gasteiger partial charge in [-0.1, -0.05) is 23.2 Å². The molecule has 1 fully saturated rings. The number of carbonyl (C=O) groups is 2. The molecule has 2 rings (SSSR count). The van der Waals surface area contributed by atoms with E-state index in [0.717, 1.165) is 0 Å². The van der Waals surface area contributed by atoms with Gasteiger partial charge in [-0.05, 0) is 19.1 Å². The molecular formula is C13H15Cl2N3O3. The summed E-state index contributed by atoms with van der Waals surface area (Å²) in [6.07, 6.45) is 0. The average molecular weight is 332 g/mol. The molecule has 114 valence electrons. The van der Waals surface area contributed by atoms with Gasteiger partial charge in [0.25, 0.3) is 5.91 Å². The lowest BCUT2D eigenvalue weighted by molar-refractivity contribution is -0.130. The van der Waals surface area contributed by atoms with Crippen molar-refractivity contribution < 1.29 is 14.3 Å². The van der Waals surface area contributed by atoms with Crippen LogP contribution in [-0.2, 0) is 9.53 Å². The second-order valence-electron chi connectivity index (χ2n) is 4.46. The van der Waals surface area contributed by atoms with Crippen molar-refractivity contribution in [3.63, 3.8) is 0 Å². The van der Waals surface area contributed by atoms with Crippen molar-refractivity contribution in [3.8, 4) is 0 Å². The highest BCUT2D eigenvalue weighted by Gasteiger charge is 2.34. The molecule has 1 atom stereocenters. The number of hydrogen-bond acceptors (Lipinski definition) is 4. The van der Waals surface area contributed by atoms with Gasteiger partial charge in [0.05, 0.1) is 18.8 Å². The number of morpholine rings is 1. The molecule has 1 aliphatic rings. The molecule has 1 aromatic rings. The van der Waals surface area contributed by atoms with E-state index in [1.807, 2.05) is 6.92 Å². The van der Waals surface area contributed by atoms with Gasteiger partial charge >= 0.3 is 0 Å². The van der Waals surface area contributed by atoms with Gasteiger partial charge in [0.2, 0.25) is 5.91 Å². The van der Waals surface area contributed by atoms with E-state index in [1.54, 1.807) is 0 Å². The van der Waals surface area contributed by atoms with E-state index in [9.17, 15) is 9.59 Å². The van der Waals surface area contributed by atoms with Crippen molar-refractivity contribution in [3.05, 3.63) is 28.0 Å². The van der Waals surface area contributed by atoms with Crippen LogP contribution in [0.3, 0.4) is 0 Å². The van der Waals surface area contributed by atoms with Crippen LogP contribution in [0, 0.1) is 0 Å². The first-order valence-corrected chi connectivity index (χ1v) is 7.28. The molecule has 21 heavy (non-hydrogen) atoms. The third-order valence-corrected chi connectivity index (χ3v) is 3.59. The van der Waals surface area contributed by atoms with E-state index in [0.29, 0.717) is 19.7 Å². The average Bonchev–Trinajstić information content (AvgIpc) is 2.47. The molecule has 2 amide bonds. The number of nitrogens with one attached hydrogen (secondary N) is 1. The van der Waals surface area contributed by atoms with Gasteiger partial charge in [0, 0.05) is 13.1 Å². The van der Waals surface area contributed by atoms with Gasteiger partial charge < -0.3 is 15.0 Å². The molecule has 0 aliphatic carbocycles. The molecule has 2 heterocycles. The van der Waals surface area contributed by atoms with Crippen LogP contribution in [0.2, 0.25) is 10.3 Å². The molecule has 0 aromatic carbocycles. The molecular weight excluding hydrogens is 317 g/mol. The van der Waals surface area contributed by atoms with Crippen LogP contribution in [0.1, 0.15) is 17.3 Å². The third-order valence-electron chi connectivity index (χ3n) is 3.09. The smallest absolute Gasteiger partial charge is 0.257 e. The van der Waals surface area contributed by atoms with Crippen molar-refractivity contribution in [2.24, 2.45) is 0 Å². The molecule has 1 unspecified atom stereocenters. The van der Waals surface area contributed by atoms with Crippen LogP contribution in [0.4, 0.5) is 0 Å². The van der Waals surface area contributed by atoms with E-state index in [4.69, 9.17) is 27.9 Å². The normalized spacial score (nSPS) is 18.4. The summed E-state index contributed by atoms with van der Waals surface area (Å²) in [7, 11) is 0. The van der Waals surface area contributed by atoms with Gasteiger partial charge in [-0.2, -0.15) is 0 Å². The Morgan fingerprint density at radius 1 is 1.48 bits per heavy atom. The van der Waals surface area contributed by atoms with Gasteiger partial charge in [-0.3, -0.25) is 9.59 Å². The minimum atomic E-state index is -0.669. The predicted octanol–water partition coefficient (Wildman–Crippen LogP) is 1.37. The van der Waals surface area contributed by atoms with E-state index < -0.39 is 6.04 Å². The van der Waals surface area contributed by atoms with Gasteiger partial charge in [-0.15, -0.1) is 0 Å². The Bertz CT molecular complexity index is 553. The number of halogens is 2. The molecule has 1 aromatic heterocycles. The van der Waals surface area contributed by atoms with E-state index in [2.05, 4.69) is 10.3 Å². The van der Waals surface area contributed by atoms with Gasteiger partial charge in [-0.25, -0.2) is 4.98 Å². The summed E-state index contributed by atoms with van der Waals surface area (Å²) in [6, 6.07) is 2.32. The zero-order valence-corrected chi connectivity index (χ0v) is 12.9. The van der Waals surface area contributed by atoms with Crippen LogP contribution in [0.15, 0.2) is 12.1 Å². The van der Waals surface area contributed by atoms with Crippen molar-refractivity contribution in [1.82, 2.24) is 15.2 Å². The Kier molecular flexibility index (Phi) is 5.39. The Labute approximate surface area is 132 Å². The fourth-order valence-corrected chi connectivity index (χ4v) is 2.51. The number of nitrogens with zero attached hydrogens (tertiary/aromatic N) is 2. The highest BCUT2D eigenvalue weighted by molar-refractivity contribution is 6.34. The summed E-state index contributed by atoms with van der Waals surface area (Å²) >= 11 is 11.7. The molecule has 1 saturated heterocycles. The Balaban J connectivity index is 2.24. The number of carbonyl (C=O) groups excluding carboxylic acids is 2. The first kappa shape index (κ1) is 16.0. The first-order chi connectivity index (χ1) is 10.0. The molecule has 8 heteroatoms. The maximum atomic E-state index is 12.6. The number of hydrogen-bond donors (Lipinski definition) is 1. The summed E-state index contributed by atoms with van der Waals surface area (Å²) < 4.78 is 5.29. The SMILES string of the molecule is CCNC(=O)C1COCCN1C(=O)c1ccc(Cl)nc1Cl. The molecule has 0 radical (unpaired) electrons. The third kappa shape index (κ3) is 3.64. The largest absolute Gasteiger partial charge is 0.377 e. The molecule has 0 spiro atoms. The monoisotopic (exact) mass is 331 g/mol. The second-order valence-corrected chi connectivity index (χ2v) is 5.20. The van der Waals surface area contributed by atoms with Crippen LogP contribution >= 0.6 is 23.2 Å². The zero-order valence-electron chi connectivity index (χ0n) is 11.4. The fourth-order valence-electron chi connectivity index (χ4n) is 2.08. The lowest BCUT2D eigenvalue weighted by atomic mass is 10.1. The summed E-state index contributed by atoms with van der Waals surface area (Å²) in [5.41, 5.74) is 0.220. The zero-order chi connectivity index (χ0) is 15.4. The highest BCUT2D eigenvalue weighted by Crippen LogP contribution is 2.20. The minimum Gasteiger partial charge on any atom is -0.377 e. The summed E-state index contributed by atoms with van der Waals surface area (Å²) in [6.45, 7) is 3.16. The van der Waals surface area contributed by atoms with E-state index in [-0.39, 0.29) is 34.3 Å². The maximum absolute atomic E-state index is 12.6. The van der Waals surface area contributed by atoms with Gasteiger partial charge in [0.1, 0.15) is 16.3 Å². The van der Waals surface area contributed by atoms with Crippen LogP contribution in [-0.4, -0.2) is 54.0 Å². The van der Waals surface area contributed by atoms with Crippen molar-refractivity contribution in [1.29, 1.82) is 0 Å².